The molecule has 0 saturated heterocycles. The van der Waals surface area contributed by atoms with E-state index in [9.17, 15) is 5.11 Å². The number of rotatable bonds is 1. The quantitative estimate of drug-likeness (QED) is 0.227. The average molecular weight is 452 g/mol. The largest absolute Gasteiger partial charge is 1.00 e. The summed E-state index contributed by atoms with van der Waals surface area (Å²) in [6.07, 6.45) is 2.04. The molecule has 0 atom stereocenters. The summed E-state index contributed by atoms with van der Waals surface area (Å²) >= 11 is 0. The van der Waals surface area contributed by atoms with Crippen LogP contribution in [0.15, 0.2) is 72.9 Å². The van der Waals surface area contributed by atoms with Crippen molar-refractivity contribution in [3.8, 4) is 16.9 Å². The Bertz CT molecular complexity index is 1220. The highest BCUT2D eigenvalue weighted by atomic mass is 127. The lowest BCUT2D eigenvalue weighted by molar-refractivity contribution is -0.617. The first-order valence-electron chi connectivity index (χ1n) is 8.34. The Morgan fingerprint density at radius 3 is 2.08 bits per heavy atom. The molecule has 0 fully saturated rings. The maximum Gasteiger partial charge on any atom is 0.213 e. The van der Waals surface area contributed by atoms with Crippen molar-refractivity contribution >= 4 is 32.7 Å². The zero-order chi connectivity index (χ0) is 17.0. The van der Waals surface area contributed by atoms with Crippen molar-refractivity contribution in [3.63, 3.8) is 0 Å². The minimum Gasteiger partial charge on any atom is -1.00 e. The molecule has 0 aliphatic heterocycles. The predicted octanol–water partition coefficient (Wildman–Crippen LogP) is 1.68. The van der Waals surface area contributed by atoms with Gasteiger partial charge in [-0.3, -0.25) is 0 Å². The summed E-state index contributed by atoms with van der Waals surface area (Å²) in [5, 5.41) is 13.4. The van der Waals surface area contributed by atoms with Gasteiger partial charge in [-0.05, 0) is 30.3 Å². The van der Waals surface area contributed by atoms with E-state index in [2.05, 4.69) is 65.1 Å². The topological polar surface area (TPSA) is 39.9 Å². The van der Waals surface area contributed by atoms with Crippen LogP contribution in [0.2, 0.25) is 0 Å². The molecule has 0 spiro atoms. The molecule has 2 aromatic heterocycles. The van der Waals surface area contributed by atoms with Crippen LogP contribution < -0.4 is 28.5 Å². The molecule has 5 aromatic rings. The number of hydrogen-bond acceptors (Lipinski definition) is 1. The third-order valence-corrected chi connectivity index (χ3v) is 5.00. The van der Waals surface area contributed by atoms with Crippen molar-refractivity contribution < 1.29 is 33.7 Å². The predicted molar refractivity (Wildman–Crippen MR) is 102 cm³/mol. The van der Waals surface area contributed by atoms with Crippen molar-refractivity contribution in [3.05, 3.63) is 72.9 Å². The Kier molecular flexibility index (Phi) is 4.07. The van der Waals surface area contributed by atoms with E-state index in [1.54, 1.807) is 6.07 Å². The average Bonchev–Trinajstić information content (AvgIpc) is 3.05. The lowest BCUT2D eigenvalue weighted by atomic mass is 9.95. The number of aromatic hydroxyl groups is 1. The summed E-state index contributed by atoms with van der Waals surface area (Å²) in [7, 11) is 2.11. The zero-order valence-corrected chi connectivity index (χ0v) is 16.4. The lowest BCUT2D eigenvalue weighted by Crippen LogP contribution is -3.00. The fourth-order valence-electron chi connectivity index (χ4n) is 3.84. The third-order valence-electron chi connectivity index (χ3n) is 5.00. The molecule has 0 radical (unpaired) electrons. The molecule has 2 N–H and O–H groups in total. The monoisotopic (exact) mass is 452 g/mol. The molecular formula is C22H17IN2O. The number of pyridine rings is 1. The van der Waals surface area contributed by atoms with Crippen LogP contribution in [-0.2, 0) is 7.05 Å². The van der Waals surface area contributed by atoms with Gasteiger partial charge in [0.1, 0.15) is 12.8 Å². The number of phenolic OH excluding ortho intramolecular Hbond substituents is 1. The van der Waals surface area contributed by atoms with Gasteiger partial charge in [-0.15, -0.1) is 0 Å². The van der Waals surface area contributed by atoms with Gasteiger partial charge in [-0.25, -0.2) is 0 Å². The van der Waals surface area contributed by atoms with Gasteiger partial charge >= 0.3 is 0 Å². The first-order valence-corrected chi connectivity index (χ1v) is 8.34. The maximum atomic E-state index is 9.97. The van der Waals surface area contributed by atoms with E-state index in [-0.39, 0.29) is 29.7 Å². The van der Waals surface area contributed by atoms with Crippen molar-refractivity contribution in [1.82, 2.24) is 4.98 Å². The smallest absolute Gasteiger partial charge is 0.213 e. The van der Waals surface area contributed by atoms with E-state index in [1.807, 2.05) is 18.3 Å². The van der Waals surface area contributed by atoms with Crippen LogP contribution in [0, 0.1) is 0 Å². The second kappa shape index (κ2) is 6.29. The summed E-state index contributed by atoms with van der Waals surface area (Å²) in [6.45, 7) is 0. The molecule has 0 aliphatic rings. The molecule has 0 saturated carbocycles. The number of nitrogens with zero attached hydrogens (tertiary/aromatic N) is 1. The first kappa shape index (κ1) is 16.8. The second-order valence-corrected chi connectivity index (χ2v) is 6.40. The molecule has 3 nitrogen and oxygen atoms in total. The molecule has 0 aliphatic carbocycles. The Hall–Kier alpha value is -2.60. The summed E-state index contributed by atoms with van der Waals surface area (Å²) in [5.41, 5.74) is 5.70. The van der Waals surface area contributed by atoms with Gasteiger partial charge < -0.3 is 34.1 Å². The van der Waals surface area contributed by atoms with Crippen LogP contribution in [-0.4, -0.2) is 10.1 Å². The highest BCUT2D eigenvalue weighted by Crippen LogP contribution is 2.38. The number of para-hydroxylation sites is 2. The Morgan fingerprint density at radius 1 is 0.808 bits per heavy atom. The van der Waals surface area contributed by atoms with Crippen LogP contribution in [0.5, 0.6) is 5.75 Å². The van der Waals surface area contributed by atoms with Crippen molar-refractivity contribution in [2.24, 2.45) is 7.05 Å². The number of H-pyrrole nitrogens is 1. The van der Waals surface area contributed by atoms with Crippen LogP contribution in [0.3, 0.4) is 0 Å². The first-order chi connectivity index (χ1) is 12.2. The van der Waals surface area contributed by atoms with Gasteiger partial charge in [0.15, 0.2) is 0 Å². The Balaban J connectivity index is 0.00000168. The molecule has 0 amide bonds. The number of aromatic amines is 1. The number of halogens is 1. The van der Waals surface area contributed by atoms with Gasteiger partial charge in [0.2, 0.25) is 11.0 Å². The maximum absolute atomic E-state index is 9.97. The van der Waals surface area contributed by atoms with Gasteiger partial charge in [0.25, 0.3) is 0 Å². The van der Waals surface area contributed by atoms with E-state index < -0.39 is 0 Å². The minimum atomic E-state index is 0. The molecule has 128 valence electrons. The standard InChI is InChI=1S/C22H16N2O.HI/c1-24-20-8-4-2-6-15(20)22(16-7-3-5-9-21(16)24)18-13-23-19-11-10-14(25)12-17(18)19;/h2-13,25H,1H3;1H. The molecule has 4 heteroatoms. The molecule has 5 rings (SSSR count). The second-order valence-electron chi connectivity index (χ2n) is 6.40. The fraction of sp³-hybridized carbons (Fsp3) is 0.0455. The zero-order valence-electron chi connectivity index (χ0n) is 14.2. The van der Waals surface area contributed by atoms with E-state index in [0.29, 0.717) is 0 Å². The fourth-order valence-corrected chi connectivity index (χ4v) is 3.84. The van der Waals surface area contributed by atoms with E-state index >= 15 is 0 Å². The van der Waals surface area contributed by atoms with Gasteiger partial charge in [0.05, 0.1) is 10.8 Å². The van der Waals surface area contributed by atoms with Gasteiger partial charge in [0, 0.05) is 40.4 Å². The van der Waals surface area contributed by atoms with Gasteiger partial charge in [-0.2, -0.15) is 4.57 Å². The SMILES string of the molecule is C[n+]1c2ccccc2c(-c2c[nH]c3ccc(O)cc23)c2ccccc21.[I-]. The molecule has 0 bridgehead atoms. The van der Waals surface area contributed by atoms with Crippen molar-refractivity contribution in [1.29, 1.82) is 0 Å². The molecule has 26 heavy (non-hydrogen) atoms. The normalized spacial score (nSPS) is 11.1. The van der Waals surface area contributed by atoms with Crippen LogP contribution in [0.25, 0.3) is 43.8 Å². The Labute approximate surface area is 167 Å². The number of fused-ring (bicyclic) bond motifs is 3. The van der Waals surface area contributed by atoms with Crippen LogP contribution in [0.4, 0.5) is 0 Å². The summed E-state index contributed by atoms with van der Waals surface area (Å²) < 4.78 is 2.24. The number of nitrogens with one attached hydrogen (secondary N) is 1. The van der Waals surface area contributed by atoms with Crippen LogP contribution in [0.1, 0.15) is 0 Å². The van der Waals surface area contributed by atoms with Gasteiger partial charge in [-0.1, -0.05) is 24.3 Å². The number of aryl methyl sites for hydroxylation is 1. The summed E-state index contributed by atoms with van der Waals surface area (Å²) in [6, 6.07) is 22.4. The minimum absolute atomic E-state index is 0. The molecule has 2 heterocycles. The molecule has 3 aromatic carbocycles. The van der Waals surface area contributed by atoms with Crippen LogP contribution >= 0.6 is 0 Å². The molecule has 0 unspecified atom stereocenters. The Morgan fingerprint density at radius 2 is 1.42 bits per heavy atom. The highest BCUT2D eigenvalue weighted by Gasteiger charge is 2.20. The van der Waals surface area contributed by atoms with E-state index in [4.69, 9.17) is 0 Å². The molecular weight excluding hydrogens is 435 g/mol. The number of phenols is 1. The number of benzene rings is 3. The van der Waals surface area contributed by atoms with E-state index in [1.165, 1.54) is 27.4 Å². The number of aromatic nitrogens is 2. The summed E-state index contributed by atoms with van der Waals surface area (Å²) in [5.74, 6) is 0.281. The summed E-state index contributed by atoms with van der Waals surface area (Å²) in [4.78, 5) is 3.34. The highest BCUT2D eigenvalue weighted by molar-refractivity contribution is 6.12. The van der Waals surface area contributed by atoms with Crippen molar-refractivity contribution in [2.75, 3.05) is 0 Å². The van der Waals surface area contributed by atoms with Crippen molar-refractivity contribution in [2.45, 2.75) is 0 Å². The number of hydrogen-bond donors (Lipinski definition) is 2. The lowest BCUT2D eigenvalue weighted by Gasteiger charge is -2.10. The van der Waals surface area contributed by atoms with E-state index in [0.717, 1.165) is 16.5 Å². The third kappa shape index (κ3) is 2.36.